The Morgan fingerprint density at radius 1 is 1.06 bits per heavy atom. The quantitative estimate of drug-likeness (QED) is 0.375. The van der Waals surface area contributed by atoms with Crippen LogP contribution in [0.4, 0.5) is 9.59 Å². The van der Waals surface area contributed by atoms with Crippen LogP contribution in [-0.4, -0.2) is 43.6 Å². The summed E-state index contributed by atoms with van der Waals surface area (Å²) in [6.45, 7) is 5.77. The van der Waals surface area contributed by atoms with E-state index >= 15 is 0 Å². The third kappa shape index (κ3) is 54.9. The second kappa shape index (κ2) is 11.5. The summed E-state index contributed by atoms with van der Waals surface area (Å²) in [5, 5.41) is 36.1. The van der Waals surface area contributed by atoms with E-state index < -0.39 is 12.3 Å². The maximum Gasteiger partial charge on any atom is 0.503 e. The Labute approximate surface area is 92.6 Å². The Bertz CT molecular complexity index is 168. The third-order valence-electron chi connectivity index (χ3n) is 1.10. The van der Waals surface area contributed by atoms with Gasteiger partial charge < -0.3 is 20.4 Å². The van der Waals surface area contributed by atoms with Crippen LogP contribution in [0.3, 0.4) is 0 Å². The van der Waals surface area contributed by atoms with E-state index in [1.807, 2.05) is 13.8 Å². The minimum absolute atomic E-state index is 0.352. The monoisotopic (exact) mass is 242 g/mol. The van der Waals surface area contributed by atoms with Gasteiger partial charge in [-0.25, -0.2) is 14.5 Å². The smallest absolute Gasteiger partial charge is 0.450 e. The highest BCUT2D eigenvalue weighted by molar-refractivity contribution is 5.53. The van der Waals surface area contributed by atoms with Crippen molar-refractivity contribution in [2.24, 2.45) is 0 Å². The van der Waals surface area contributed by atoms with Gasteiger partial charge in [-0.15, -0.1) is 0 Å². The molecule has 0 saturated heterocycles. The van der Waals surface area contributed by atoms with Gasteiger partial charge in [0.15, 0.2) is 0 Å². The SMILES string of the molecule is CCCC(C)(C)OO.O=C(O)O.O=C(O)O. The lowest BCUT2D eigenvalue weighted by atomic mass is 10.0. The first kappa shape index (κ1) is 19.9. The number of carboxylic acid groups (broad SMARTS) is 4. The van der Waals surface area contributed by atoms with Crippen molar-refractivity contribution in [1.29, 1.82) is 0 Å². The lowest BCUT2D eigenvalue weighted by molar-refractivity contribution is -0.314. The molecule has 98 valence electrons. The molecule has 0 atom stereocenters. The highest BCUT2D eigenvalue weighted by Gasteiger charge is 2.15. The van der Waals surface area contributed by atoms with Crippen LogP contribution < -0.4 is 0 Å². The van der Waals surface area contributed by atoms with E-state index in [0.717, 1.165) is 12.8 Å². The van der Waals surface area contributed by atoms with Crippen LogP contribution in [0.15, 0.2) is 0 Å². The van der Waals surface area contributed by atoms with Crippen molar-refractivity contribution in [3.05, 3.63) is 0 Å². The zero-order valence-corrected chi connectivity index (χ0v) is 9.38. The summed E-state index contributed by atoms with van der Waals surface area (Å²) in [6, 6.07) is 0. The molecule has 0 bridgehead atoms. The lowest BCUT2D eigenvalue weighted by Crippen LogP contribution is -2.21. The predicted molar refractivity (Wildman–Crippen MR) is 54.0 cm³/mol. The number of hydrogen-bond donors (Lipinski definition) is 5. The molecule has 0 aliphatic rings. The third-order valence-corrected chi connectivity index (χ3v) is 1.10. The molecule has 0 fully saturated rings. The van der Waals surface area contributed by atoms with Gasteiger partial charge in [0, 0.05) is 0 Å². The van der Waals surface area contributed by atoms with Crippen molar-refractivity contribution in [1.82, 2.24) is 0 Å². The second-order valence-corrected chi connectivity index (χ2v) is 3.17. The van der Waals surface area contributed by atoms with Gasteiger partial charge in [0.05, 0.1) is 5.60 Å². The molecule has 0 heterocycles. The van der Waals surface area contributed by atoms with Crippen molar-refractivity contribution >= 4 is 12.3 Å². The van der Waals surface area contributed by atoms with E-state index in [1.165, 1.54) is 0 Å². The molecule has 0 aromatic heterocycles. The predicted octanol–water partition coefficient (Wildman–Crippen LogP) is 2.50. The van der Waals surface area contributed by atoms with Crippen molar-refractivity contribution in [3.63, 3.8) is 0 Å². The van der Waals surface area contributed by atoms with Crippen molar-refractivity contribution in [3.8, 4) is 0 Å². The van der Waals surface area contributed by atoms with Gasteiger partial charge in [0.1, 0.15) is 0 Å². The largest absolute Gasteiger partial charge is 0.503 e. The van der Waals surface area contributed by atoms with Crippen LogP contribution in [0.1, 0.15) is 33.6 Å². The molecule has 8 nitrogen and oxygen atoms in total. The lowest BCUT2D eigenvalue weighted by Gasteiger charge is -2.18. The highest BCUT2D eigenvalue weighted by atomic mass is 17.1. The van der Waals surface area contributed by atoms with Crippen LogP contribution in [0.2, 0.25) is 0 Å². The Hall–Kier alpha value is -1.54. The fourth-order valence-electron chi connectivity index (χ4n) is 0.648. The van der Waals surface area contributed by atoms with E-state index in [-0.39, 0.29) is 5.60 Å². The Balaban J connectivity index is -0.000000179. The maximum atomic E-state index is 8.56. The molecular formula is C8H18O8. The summed E-state index contributed by atoms with van der Waals surface area (Å²) >= 11 is 0. The van der Waals surface area contributed by atoms with Crippen molar-refractivity contribution in [2.45, 2.75) is 39.2 Å². The normalized spacial score (nSPS) is 9.00. The van der Waals surface area contributed by atoms with Gasteiger partial charge >= 0.3 is 12.3 Å². The summed E-state index contributed by atoms with van der Waals surface area (Å²) in [4.78, 5) is 21.3. The summed E-state index contributed by atoms with van der Waals surface area (Å²) in [5.41, 5.74) is -0.352. The number of carbonyl (C=O) groups is 2. The molecule has 5 N–H and O–H groups in total. The van der Waals surface area contributed by atoms with Gasteiger partial charge in [-0.3, -0.25) is 5.26 Å². The van der Waals surface area contributed by atoms with Crippen molar-refractivity contribution < 1.29 is 40.2 Å². The summed E-state index contributed by atoms with van der Waals surface area (Å²) in [6.07, 6.45) is -1.74. The van der Waals surface area contributed by atoms with Gasteiger partial charge in [-0.05, 0) is 20.3 Å². The zero-order valence-electron chi connectivity index (χ0n) is 9.38. The summed E-state index contributed by atoms with van der Waals surface area (Å²) in [5.74, 6) is 0. The fraction of sp³-hybridized carbons (Fsp3) is 0.750. The van der Waals surface area contributed by atoms with Crippen LogP contribution >= 0.6 is 0 Å². The van der Waals surface area contributed by atoms with E-state index in [2.05, 4.69) is 11.8 Å². The second-order valence-electron chi connectivity index (χ2n) is 3.17. The highest BCUT2D eigenvalue weighted by Crippen LogP contribution is 2.13. The average Bonchev–Trinajstić information content (AvgIpc) is 2.02. The summed E-state index contributed by atoms with van der Waals surface area (Å²) < 4.78 is 0. The molecule has 0 aromatic carbocycles. The molecule has 0 spiro atoms. The first-order valence-corrected chi connectivity index (χ1v) is 4.25. The molecule has 0 aliphatic heterocycles. The van der Waals surface area contributed by atoms with Gasteiger partial charge in [-0.1, -0.05) is 13.3 Å². The number of rotatable bonds is 3. The van der Waals surface area contributed by atoms with E-state index in [1.54, 1.807) is 0 Å². The minimum atomic E-state index is -1.83. The van der Waals surface area contributed by atoms with Crippen LogP contribution in [0, 0.1) is 0 Å². The molecule has 0 amide bonds. The Kier molecular flexibility index (Phi) is 14.4. The minimum Gasteiger partial charge on any atom is -0.450 e. The van der Waals surface area contributed by atoms with Crippen LogP contribution in [0.5, 0.6) is 0 Å². The Morgan fingerprint density at radius 2 is 1.31 bits per heavy atom. The molecule has 0 unspecified atom stereocenters. The van der Waals surface area contributed by atoms with E-state index in [0.29, 0.717) is 0 Å². The molecular weight excluding hydrogens is 224 g/mol. The zero-order chi connectivity index (χ0) is 13.8. The molecule has 16 heavy (non-hydrogen) atoms. The molecule has 0 aliphatic carbocycles. The topological polar surface area (TPSA) is 145 Å². The van der Waals surface area contributed by atoms with Crippen LogP contribution in [-0.2, 0) is 4.89 Å². The van der Waals surface area contributed by atoms with Crippen molar-refractivity contribution in [2.75, 3.05) is 0 Å². The maximum absolute atomic E-state index is 8.56. The molecule has 0 rings (SSSR count). The molecule has 0 radical (unpaired) electrons. The van der Waals surface area contributed by atoms with E-state index in [4.69, 9.17) is 35.3 Å². The Morgan fingerprint density at radius 3 is 1.38 bits per heavy atom. The van der Waals surface area contributed by atoms with Gasteiger partial charge in [0.2, 0.25) is 0 Å². The van der Waals surface area contributed by atoms with Gasteiger partial charge in [0.25, 0.3) is 0 Å². The fourth-order valence-corrected chi connectivity index (χ4v) is 0.648. The molecule has 0 saturated carbocycles. The first-order valence-electron chi connectivity index (χ1n) is 4.25. The first-order chi connectivity index (χ1) is 7.09. The number of hydrogen-bond acceptors (Lipinski definition) is 4. The summed E-state index contributed by atoms with van der Waals surface area (Å²) in [7, 11) is 0. The van der Waals surface area contributed by atoms with Crippen LogP contribution in [0.25, 0.3) is 0 Å². The van der Waals surface area contributed by atoms with E-state index in [9.17, 15) is 0 Å². The van der Waals surface area contributed by atoms with Gasteiger partial charge in [-0.2, -0.15) is 0 Å². The standard InChI is InChI=1S/C6H14O2.2CH2O3/c1-4-5-6(2,3)8-7;2*2-1(3)4/h7H,4-5H2,1-3H3;2*(H2,2,3,4). The molecule has 8 heteroatoms. The molecule has 0 aromatic rings. The average molecular weight is 242 g/mol.